The number of rotatable bonds is 0. The molecular weight excluding hydrogens is 152 g/mol. The van der Waals surface area contributed by atoms with Crippen molar-refractivity contribution in [3.63, 3.8) is 0 Å². The largest absolute Gasteiger partial charge is 0.329 e. The third-order valence-corrected chi connectivity index (χ3v) is 2.34. The first-order valence-corrected chi connectivity index (χ1v) is 4.15. The summed E-state index contributed by atoms with van der Waals surface area (Å²) in [5.74, 6) is 0. The van der Waals surface area contributed by atoms with E-state index in [1.54, 1.807) is 6.20 Å². The van der Waals surface area contributed by atoms with Crippen LogP contribution in [-0.2, 0) is 13.0 Å². The van der Waals surface area contributed by atoms with Crippen LogP contribution in [-0.4, -0.2) is 23.5 Å². The Kier molecular flexibility index (Phi) is 1.73. The van der Waals surface area contributed by atoms with Crippen LogP contribution in [0.2, 0.25) is 0 Å². The van der Waals surface area contributed by atoms with Crippen LogP contribution in [0.25, 0.3) is 0 Å². The molecule has 0 saturated carbocycles. The molecule has 0 atom stereocenters. The van der Waals surface area contributed by atoms with Gasteiger partial charge < -0.3 is 9.88 Å². The molecule has 0 radical (unpaired) electrons. The van der Waals surface area contributed by atoms with E-state index in [-0.39, 0.29) is 5.56 Å². The summed E-state index contributed by atoms with van der Waals surface area (Å²) >= 11 is 0. The molecule has 1 aliphatic rings. The molecule has 1 aromatic heterocycles. The predicted molar refractivity (Wildman–Crippen MR) is 47.1 cm³/mol. The minimum Gasteiger partial charge on any atom is -0.329 e. The van der Waals surface area contributed by atoms with Gasteiger partial charge in [0.1, 0.15) is 0 Å². The Morgan fingerprint density at radius 1 is 1.58 bits per heavy atom. The summed E-state index contributed by atoms with van der Waals surface area (Å²) < 4.78 is 0. The zero-order valence-corrected chi connectivity index (χ0v) is 7.13. The number of nitrogens with zero attached hydrogens (tertiary/aromatic N) is 1. The van der Waals surface area contributed by atoms with Crippen molar-refractivity contribution in [3.05, 3.63) is 33.7 Å². The number of likely N-dealkylation sites (N-methyl/N-ethyl adjacent to an activating group) is 1. The minimum atomic E-state index is 0.0839. The fourth-order valence-corrected chi connectivity index (χ4v) is 1.65. The van der Waals surface area contributed by atoms with Crippen LogP contribution in [0.15, 0.2) is 17.1 Å². The highest BCUT2D eigenvalue weighted by atomic mass is 16.1. The highest BCUT2D eigenvalue weighted by Crippen LogP contribution is 2.12. The Morgan fingerprint density at radius 2 is 2.42 bits per heavy atom. The Bertz CT molecular complexity index is 343. The first-order chi connectivity index (χ1) is 5.77. The van der Waals surface area contributed by atoms with Gasteiger partial charge in [-0.15, -0.1) is 0 Å². The Hall–Kier alpha value is -1.09. The van der Waals surface area contributed by atoms with Gasteiger partial charge >= 0.3 is 0 Å². The third-order valence-electron chi connectivity index (χ3n) is 2.34. The summed E-state index contributed by atoms with van der Waals surface area (Å²) in [4.78, 5) is 16.2. The molecule has 0 aromatic carbocycles. The van der Waals surface area contributed by atoms with E-state index in [2.05, 4.69) is 16.9 Å². The maximum Gasteiger partial charge on any atom is 0.251 e. The average Bonchev–Trinajstić information content (AvgIpc) is 2.04. The van der Waals surface area contributed by atoms with E-state index in [1.807, 2.05) is 6.07 Å². The molecule has 3 nitrogen and oxygen atoms in total. The monoisotopic (exact) mass is 164 g/mol. The summed E-state index contributed by atoms with van der Waals surface area (Å²) in [5.41, 5.74) is 2.23. The molecule has 0 fully saturated rings. The van der Waals surface area contributed by atoms with E-state index in [9.17, 15) is 4.79 Å². The van der Waals surface area contributed by atoms with Gasteiger partial charge in [0.05, 0.1) is 0 Å². The van der Waals surface area contributed by atoms with E-state index >= 15 is 0 Å². The fraction of sp³-hybridized carbons (Fsp3) is 0.444. The van der Waals surface area contributed by atoms with Crippen molar-refractivity contribution < 1.29 is 0 Å². The van der Waals surface area contributed by atoms with Crippen molar-refractivity contribution in [1.29, 1.82) is 0 Å². The maximum atomic E-state index is 11.3. The standard InChI is InChI=1S/C9H12N2O/c1-11-5-3-8-7(6-11)2-4-10-9(8)12/h2,4H,3,5-6H2,1H3,(H,10,12). The zero-order valence-electron chi connectivity index (χ0n) is 7.13. The van der Waals surface area contributed by atoms with Gasteiger partial charge in [-0.1, -0.05) is 0 Å². The lowest BCUT2D eigenvalue weighted by molar-refractivity contribution is 0.311. The SMILES string of the molecule is CN1CCc2c(cc[nH]c2=O)C1. The lowest BCUT2D eigenvalue weighted by atomic mass is 10.0. The van der Waals surface area contributed by atoms with Crippen molar-refractivity contribution >= 4 is 0 Å². The molecule has 2 heterocycles. The summed E-state index contributed by atoms with van der Waals surface area (Å²) in [6.45, 7) is 1.89. The molecule has 64 valence electrons. The molecule has 0 spiro atoms. The minimum absolute atomic E-state index is 0.0839. The second kappa shape index (κ2) is 2.75. The molecule has 0 saturated heterocycles. The molecule has 1 N–H and O–H groups in total. The number of hydrogen-bond acceptors (Lipinski definition) is 2. The van der Waals surface area contributed by atoms with Gasteiger partial charge in [0.15, 0.2) is 0 Å². The normalized spacial score (nSPS) is 17.4. The highest BCUT2D eigenvalue weighted by Gasteiger charge is 2.14. The third kappa shape index (κ3) is 1.16. The highest BCUT2D eigenvalue weighted by molar-refractivity contribution is 5.25. The van der Waals surface area contributed by atoms with Gasteiger partial charge in [-0.2, -0.15) is 0 Å². The number of hydrogen-bond donors (Lipinski definition) is 1. The topological polar surface area (TPSA) is 36.1 Å². The van der Waals surface area contributed by atoms with Crippen molar-refractivity contribution in [3.8, 4) is 0 Å². The van der Waals surface area contributed by atoms with Crippen molar-refractivity contribution in [1.82, 2.24) is 9.88 Å². The van der Waals surface area contributed by atoms with E-state index < -0.39 is 0 Å². The Balaban J connectivity index is 2.49. The van der Waals surface area contributed by atoms with E-state index in [1.165, 1.54) is 5.56 Å². The maximum absolute atomic E-state index is 11.3. The summed E-state index contributed by atoms with van der Waals surface area (Å²) in [6.07, 6.45) is 2.60. The average molecular weight is 164 g/mol. The smallest absolute Gasteiger partial charge is 0.251 e. The zero-order chi connectivity index (χ0) is 8.55. The summed E-state index contributed by atoms with van der Waals surface area (Å²) in [5, 5.41) is 0. The molecule has 1 aromatic rings. The van der Waals surface area contributed by atoms with Crippen LogP contribution in [0.4, 0.5) is 0 Å². The summed E-state index contributed by atoms with van der Waals surface area (Å²) in [6, 6.07) is 1.99. The van der Waals surface area contributed by atoms with Crippen LogP contribution in [0.1, 0.15) is 11.1 Å². The van der Waals surface area contributed by atoms with Crippen molar-refractivity contribution in [2.75, 3.05) is 13.6 Å². The number of aromatic nitrogens is 1. The predicted octanol–water partition coefficient (Wildman–Crippen LogP) is 0.363. The van der Waals surface area contributed by atoms with Crippen LogP contribution in [0.5, 0.6) is 0 Å². The molecule has 3 heteroatoms. The number of fused-ring (bicyclic) bond motifs is 1. The number of aromatic amines is 1. The molecule has 1 aliphatic heterocycles. The lowest BCUT2D eigenvalue weighted by Crippen LogP contribution is -2.31. The second-order valence-corrected chi connectivity index (χ2v) is 3.30. The molecular formula is C9H12N2O. The number of pyridine rings is 1. The summed E-state index contributed by atoms with van der Waals surface area (Å²) in [7, 11) is 2.07. The first kappa shape index (κ1) is 7.55. The van der Waals surface area contributed by atoms with Crippen molar-refractivity contribution in [2.45, 2.75) is 13.0 Å². The fourth-order valence-electron chi connectivity index (χ4n) is 1.65. The van der Waals surface area contributed by atoms with Crippen LogP contribution >= 0.6 is 0 Å². The van der Waals surface area contributed by atoms with Gasteiger partial charge in [0, 0.05) is 24.8 Å². The van der Waals surface area contributed by atoms with Gasteiger partial charge in [-0.3, -0.25) is 4.79 Å². The van der Waals surface area contributed by atoms with Gasteiger partial charge in [-0.05, 0) is 25.1 Å². The number of nitrogens with one attached hydrogen (secondary N) is 1. The van der Waals surface area contributed by atoms with Crippen LogP contribution in [0, 0.1) is 0 Å². The second-order valence-electron chi connectivity index (χ2n) is 3.30. The quantitative estimate of drug-likeness (QED) is 0.601. The van der Waals surface area contributed by atoms with E-state index in [4.69, 9.17) is 0 Å². The molecule has 0 bridgehead atoms. The van der Waals surface area contributed by atoms with Crippen LogP contribution < -0.4 is 5.56 Å². The van der Waals surface area contributed by atoms with E-state index in [0.717, 1.165) is 25.1 Å². The van der Waals surface area contributed by atoms with Gasteiger partial charge in [0.25, 0.3) is 5.56 Å². The van der Waals surface area contributed by atoms with Crippen molar-refractivity contribution in [2.24, 2.45) is 0 Å². The van der Waals surface area contributed by atoms with Gasteiger partial charge in [0.2, 0.25) is 0 Å². The Labute approximate surface area is 71.0 Å². The van der Waals surface area contributed by atoms with Crippen LogP contribution in [0.3, 0.4) is 0 Å². The molecule has 0 amide bonds. The first-order valence-electron chi connectivity index (χ1n) is 4.15. The lowest BCUT2D eigenvalue weighted by Gasteiger charge is -2.23. The molecule has 2 rings (SSSR count). The Morgan fingerprint density at radius 3 is 3.25 bits per heavy atom. The van der Waals surface area contributed by atoms with Gasteiger partial charge in [-0.25, -0.2) is 0 Å². The molecule has 0 unspecified atom stereocenters. The number of H-pyrrole nitrogens is 1. The van der Waals surface area contributed by atoms with E-state index in [0.29, 0.717) is 0 Å². The molecule has 0 aliphatic carbocycles. The molecule has 12 heavy (non-hydrogen) atoms.